The maximum Gasteiger partial charge on any atom is 0.167 e. The van der Waals surface area contributed by atoms with Gasteiger partial charge in [0.15, 0.2) is 17.5 Å². The fraction of sp³-hybridized carbons (Fsp3) is 0. The van der Waals surface area contributed by atoms with E-state index >= 15 is 0 Å². The van der Waals surface area contributed by atoms with E-state index in [1.165, 1.54) is 20.2 Å². The Kier molecular flexibility index (Phi) is 5.64. The highest BCUT2D eigenvalue weighted by Crippen LogP contribution is 2.39. The average molecular weight is 582 g/mol. The van der Waals surface area contributed by atoms with E-state index in [9.17, 15) is 0 Å². The minimum absolute atomic E-state index is 0.577. The standard InChI is InChI=1S/C39H23N3OS/c1-2-11-24(12-3-1)26-13-4-5-16-30(26)38-40-37(25-21-22-35-32(23-25)28-15-7-9-20-34(28)44-35)41-39(42-38)31-18-10-17-29-27-14-6-8-19-33(27)43-36(29)31/h1-23H. The molecule has 0 spiro atoms. The van der Waals surface area contributed by atoms with Gasteiger partial charge in [0, 0.05) is 42.1 Å². The number of thiophene rings is 1. The minimum atomic E-state index is 0.577. The minimum Gasteiger partial charge on any atom is -0.455 e. The molecule has 0 saturated carbocycles. The lowest BCUT2D eigenvalue weighted by atomic mass is 9.99. The van der Waals surface area contributed by atoms with Gasteiger partial charge >= 0.3 is 0 Å². The van der Waals surface area contributed by atoms with E-state index in [0.29, 0.717) is 17.5 Å². The van der Waals surface area contributed by atoms with Crippen molar-refractivity contribution in [2.45, 2.75) is 0 Å². The normalized spacial score (nSPS) is 11.6. The summed E-state index contributed by atoms with van der Waals surface area (Å²) in [5.74, 6) is 1.82. The second-order valence-corrected chi connectivity index (χ2v) is 11.9. The molecule has 0 unspecified atom stereocenters. The van der Waals surface area contributed by atoms with Crippen LogP contribution in [-0.4, -0.2) is 15.0 Å². The van der Waals surface area contributed by atoms with Crippen molar-refractivity contribution < 1.29 is 4.42 Å². The van der Waals surface area contributed by atoms with Gasteiger partial charge in [0.1, 0.15) is 11.2 Å². The van der Waals surface area contributed by atoms with Crippen LogP contribution in [0, 0.1) is 0 Å². The topological polar surface area (TPSA) is 51.8 Å². The first-order valence-corrected chi connectivity index (χ1v) is 15.3. The number of rotatable bonds is 4. The average Bonchev–Trinajstić information content (AvgIpc) is 3.66. The van der Waals surface area contributed by atoms with Crippen LogP contribution in [0.4, 0.5) is 0 Å². The summed E-state index contributed by atoms with van der Waals surface area (Å²) in [5.41, 5.74) is 6.51. The van der Waals surface area contributed by atoms with Gasteiger partial charge in [0.05, 0.1) is 5.56 Å². The van der Waals surface area contributed by atoms with Crippen LogP contribution < -0.4 is 0 Å². The van der Waals surface area contributed by atoms with Crippen LogP contribution in [0.25, 0.3) is 87.4 Å². The number of fused-ring (bicyclic) bond motifs is 6. The lowest BCUT2D eigenvalue weighted by molar-refractivity contribution is 0.669. The zero-order chi connectivity index (χ0) is 29.0. The van der Waals surface area contributed by atoms with Crippen LogP contribution in [0.1, 0.15) is 0 Å². The SMILES string of the molecule is c1ccc(-c2ccccc2-c2nc(-c3ccc4sc5ccccc5c4c3)nc(-c3cccc4c3oc3ccccc34)n2)cc1. The maximum atomic E-state index is 6.42. The van der Waals surface area contributed by atoms with Gasteiger partial charge in [-0.1, -0.05) is 103 Å². The fourth-order valence-electron chi connectivity index (χ4n) is 6.08. The molecule has 0 atom stereocenters. The predicted octanol–water partition coefficient (Wildman–Crippen LogP) is 10.8. The molecule has 0 aliphatic rings. The molecule has 0 bridgehead atoms. The van der Waals surface area contributed by atoms with Crippen molar-refractivity contribution in [2.75, 3.05) is 0 Å². The number of hydrogen-bond acceptors (Lipinski definition) is 5. The van der Waals surface area contributed by atoms with E-state index in [1.54, 1.807) is 11.3 Å². The van der Waals surface area contributed by atoms with E-state index < -0.39 is 0 Å². The van der Waals surface area contributed by atoms with Crippen molar-refractivity contribution in [3.8, 4) is 45.3 Å². The number of aromatic nitrogens is 3. The second-order valence-electron chi connectivity index (χ2n) is 10.8. The first-order chi connectivity index (χ1) is 21.8. The Labute approximate surface area is 256 Å². The molecule has 3 heterocycles. The highest BCUT2D eigenvalue weighted by atomic mass is 32.1. The molecule has 4 nitrogen and oxygen atoms in total. The molecule has 0 aliphatic carbocycles. The first kappa shape index (κ1) is 24.9. The van der Waals surface area contributed by atoms with Crippen LogP contribution in [-0.2, 0) is 0 Å². The molecule has 9 aromatic rings. The maximum absolute atomic E-state index is 6.42. The summed E-state index contributed by atoms with van der Waals surface area (Å²) in [6, 6.07) is 48.0. The third-order valence-corrected chi connectivity index (χ3v) is 9.32. The van der Waals surface area contributed by atoms with E-state index in [4.69, 9.17) is 19.4 Å². The molecular weight excluding hydrogens is 559 g/mol. The third-order valence-electron chi connectivity index (χ3n) is 8.17. The van der Waals surface area contributed by atoms with E-state index in [0.717, 1.165) is 49.8 Å². The molecule has 0 N–H and O–H groups in total. The monoisotopic (exact) mass is 581 g/mol. The zero-order valence-corrected chi connectivity index (χ0v) is 24.3. The molecule has 44 heavy (non-hydrogen) atoms. The van der Waals surface area contributed by atoms with Crippen molar-refractivity contribution in [1.82, 2.24) is 15.0 Å². The van der Waals surface area contributed by atoms with Gasteiger partial charge in [-0.2, -0.15) is 0 Å². The summed E-state index contributed by atoms with van der Waals surface area (Å²) in [6.07, 6.45) is 0. The van der Waals surface area contributed by atoms with Gasteiger partial charge in [0.25, 0.3) is 0 Å². The van der Waals surface area contributed by atoms with Gasteiger partial charge in [-0.3, -0.25) is 0 Å². The van der Waals surface area contributed by atoms with Gasteiger partial charge in [-0.15, -0.1) is 11.3 Å². The summed E-state index contributed by atoms with van der Waals surface area (Å²) in [7, 11) is 0. The number of hydrogen-bond donors (Lipinski definition) is 0. The molecule has 6 aromatic carbocycles. The molecule has 0 fully saturated rings. The molecule has 9 rings (SSSR count). The third kappa shape index (κ3) is 4.02. The van der Waals surface area contributed by atoms with E-state index in [1.807, 2.05) is 42.5 Å². The molecule has 206 valence electrons. The van der Waals surface area contributed by atoms with Crippen molar-refractivity contribution in [3.63, 3.8) is 0 Å². The predicted molar refractivity (Wildman–Crippen MR) is 182 cm³/mol. The lowest BCUT2D eigenvalue weighted by Crippen LogP contribution is -2.01. The largest absolute Gasteiger partial charge is 0.455 e. The van der Waals surface area contributed by atoms with Crippen molar-refractivity contribution in [1.29, 1.82) is 0 Å². The van der Waals surface area contributed by atoms with Crippen molar-refractivity contribution >= 4 is 53.4 Å². The second kappa shape index (κ2) is 9.97. The summed E-state index contributed by atoms with van der Waals surface area (Å²) in [6.45, 7) is 0. The van der Waals surface area contributed by atoms with E-state index in [-0.39, 0.29) is 0 Å². The van der Waals surface area contributed by atoms with Crippen LogP contribution in [0.3, 0.4) is 0 Å². The summed E-state index contributed by atoms with van der Waals surface area (Å²) < 4.78 is 8.93. The Hall–Kier alpha value is -5.65. The van der Waals surface area contributed by atoms with Crippen LogP contribution in [0.5, 0.6) is 0 Å². The van der Waals surface area contributed by atoms with E-state index in [2.05, 4.69) is 97.1 Å². The molecule has 0 saturated heterocycles. The zero-order valence-electron chi connectivity index (χ0n) is 23.4. The molecule has 0 radical (unpaired) electrons. The summed E-state index contributed by atoms with van der Waals surface area (Å²) in [4.78, 5) is 15.4. The van der Waals surface area contributed by atoms with Crippen molar-refractivity contribution in [3.05, 3.63) is 140 Å². The van der Waals surface area contributed by atoms with Gasteiger partial charge in [-0.25, -0.2) is 15.0 Å². The Morgan fingerprint density at radius 2 is 1.05 bits per heavy atom. The van der Waals surface area contributed by atoms with Gasteiger partial charge in [0.2, 0.25) is 0 Å². The lowest BCUT2D eigenvalue weighted by Gasteiger charge is -2.12. The quantitative estimate of drug-likeness (QED) is 0.207. The summed E-state index contributed by atoms with van der Waals surface area (Å²) >= 11 is 1.80. The Morgan fingerprint density at radius 1 is 0.409 bits per heavy atom. The molecular formula is C39H23N3OS. The molecule has 3 aromatic heterocycles. The highest BCUT2D eigenvalue weighted by molar-refractivity contribution is 7.25. The fourth-order valence-corrected chi connectivity index (χ4v) is 7.17. The van der Waals surface area contributed by atoms with Crippen LogP contribution >= 0.6 is 11.3 Å². The number of para-hydroxylation sites is 2. The number of nitrogens with zero attached hydrogens (tertiary/aromatic N) is 3. The smallest absolute Gasteiger partial charge is 0.167 e. The number of benzene rings is 6. The highest BCUT2D eigenvalue weighted by Gasteiger charge is 2.19. The van der Waals surface area contributed by atoms with Gasteiger partial charge in [-0.05, 0) is 47.5 Å². The number of furan rings is 1. The van der Waals surface area contributed by atoms with Gasteiger partial charge < -0.3 is 4.42 Å². The molecule has 0 amide bonds. The molecule has 0 aliphatic heterocycles. The van der Waals surface area contributed by atoms with Crippen molar-refractivity contribution in [2.24, 2.45) is 0 Å². The Morgan fingerprint density at radius 3 is 1.93 bits per heavy atom. The Balaban J connectivity index is 1.32. The van der Waals surface area contributed by atoms with Crippen LogP contribution in [0.2, 0.25) is 0 Å². The summed E-state index contributed by atoms with van der Waals surface area (Å²) in [5, 5.41) is 4.56. The first-order valence-electron chi connectivity index (χ1n) is 14.5. The van der Waals surface area contributed by atoms with Crippen LogP contribution in [0.15, 0.2) is 144 Å². The Bertz CT molecular complexity index is 2510. The molecule has 5 heteroatoms.